The standard InChI is InChI=1S/C15H22N2O4/c1-2-17(10-12-6-4-8-21-12)15(20)16-9-11-5-3-7-13(11)14(18)19/h4,6,8,11,13H,2-3,5,7,9-10H2,1H3,(H,16,20)(H,18,19). The Hall–Kier alpha value is -1.98. The molecule has 0 bridgehead atoms. The van der Waals surface area contributed by atoms with Crippen molar-refractivity contribution in [2.45, 2.75) is 32.7 Å². The number of carbonyl (C=O) groups is 2. The highest BCUT2D eigenvalue weighted by molar-refractivity contribution is 5.74. The molecule has 2 rings (SSSR count). The topological polar surface area (TPSA) is 82.8 Å². The third-order valence-corrected chi connectivity index (χ3v) is 4.09. The Bertz CT molecular complexity index is 472. The monoisotopic (exact) mass is 294 g/mol. The SMILES string of the molecule is CCN(Cc1ccco1)C(=O)NCC1CCCC1C(=O)O. The van der Waals surface area contributed by atoms with Crippen molar-refractivity contribution in [1.82, 2.24) is 10.2 Å². The number of aliphatic carboxylic acids is 1. The second-order valence-electron chi connectivity index (χ2n) is 5.42. The first kappa shape index (κ1) is 15.4. The molecular weight excluding hydrogens is 272 g/mol. The molecule has 1 heterocycles. The summed E-state index contributed by atoms with van der Waals surface area (Å²) in [5.41, 5.74) is 0. The van der Waals surface area contributed by atoms with Crippen molar-refractivity contribution >= 4 is 12.0 Å². The van der Waals surface area contributed by atoms with Gasteiger partial charge in [-0.05, 0) is 37.8 Å². The van der Waals surface area contributed by atoms with E-state index in [1.165, 1.54) is 0 Å². The molecule has 2 atom stereocenters. The fraction of sp³-hybridized carbons (Fsp3) is 0.600. The quantitative estimate of drug-likeness (QED) is 0.843. The highest BCUT2D eigenvalue weighted by atomic mass is 16.4. The van der Waals surface area contributed by atoms with E-state index in [0.717, 1.165) is 18.6 Å². The number of hydrogen-bond donors (Lipinski definition) is 2. The number of rotatable bonds is 6. The second kappa shape index (κ2) is 7.15. The van der Waals surface area contributed by atoms with Crippen molar-refractivity contribution in [3.63, 3.8) is 0 Å². The van der Waals surface area contributed by atoms with Gasteiger partial charge in [-0.3, -0.25) is 4.79 Å². The van der Waals surface area contributed by atoms with E-state index in [2.05, 4.69) is 5.32 Å². The van der Waals surface area contributed by atoms with Crippen LogP contribution in [0.15, 0.2) is 22.8 Å². The van der Waals surface area contributed by atoms with E-state index in [0.29, 0.717) is 26.1 Å². The predicted molar refractivity (Wildman–Crippen MR) is 76.7 cm³/mol. The Balaban J connectivity index is 1.83. The average Bonchev–Trinajstić information content (AvgIpc) is 3.13. The lowest BCUT2D eigenvalue weighted by Crippen LogP contribution is -2.42. The van der Waals surface area contributed by atoms with Crippen LogP contribution in [0.2, 0.25) is 0 Å². The minimum atomic E-state index is -0.755. The van der Waals surface area contributed by atoms with Crippen LogP contribution in [-0.2, 0) is 11.3 Å². The summed E-state index contributed by atoms with van der Waals surface area (Å²) in [6.45, 7) is 3.31. The summed E-state index contributed by atoms with van der Waals surface area (Å²) in [4.78, 5) is 24.9. The van der Waals surface area contributed by atoms with E-state index in [9.17, 15) is 9.59 Å². The zero-order valence-corrected chi connectivity index (χ0v) is 12.2. The van der Waals surface area contributed by atoms with Crippen LogP contribution in [0.3, 0.4) is 0 Å². The number of carboxylic acid groups (broad SMARTS) is 1. The largest absolute Gasteiger partial charge is 0.481 e. The van der Waals surface area contributed by atoms with Crippen molar-refractivity contribution in [2.75, 3.05) is 13.1 Å². The van der Waals surface area contributed by atoms with Gasteiger partial charge >= 0.3 is 12.0 Å². The van der Waals surface area contributed by atoms with Gasteiger partial charge < -0.3 is 19.7 Å². The average molecular weight is 294 g/mol. The van der Waals surface area contributed by atoms with Crippen molar-refractivity contribution in [3.8, 4) is 0 Å². The smallest absolute Gasteiger partial charge is 0.317 e. The van der Waals surface area contributed by atoms with Crippen LogP contribution in [0.25, 0.3) is 0 Å². The van der Waals surface area contributed by atoms with Crippen molar-refractivity contribution in [1.29, 1.82) is 0 Å². The summed E-state index contributed by atoms with van der Waals surface area (Å²) in [6.07, 6.45) is 4.07. The van der Waals surface area contributed by atoms with Crippen LogP contribution in [0.1, 0.15) is 31.9 Å². The Labute approximate surface area is 124 Å². The summed E-state index contributed by atoms with van der Waals surface area (Å²) in [5, 5.41) is 12.0. The zero-order chi connectivity index (χ0) is 15.2. The molecule has 1 fully saturated rings. The minimum Gasteiger partial charge on any atom is -0.481 e. The molecule has 6 heteroatoms. The van der Waals surface area contributed by atoms with Gasteiger partial charge in [0.1, 0.15) is 5.76 Å². The number of carboxylic acids is 1. The first-order chi connectivity index (χ1) is 10.1. The Morgan fingerprint density at radius 1 is 1.48 bits per heavy atom. The molecule has 0 aromatic carbocycles. The normalized spacial score (nSPS) is 21.2. The lowest BCUT2D eigenvalue weighted by atomic mass is 9.96. The molecule has 0 radical (unpaired) electrons. The zero-order valence-electron chi connectivity index (χ0n) is 12.2. The minimum absolute atomic E-state index is 0.0359. The molecule has 2 N–H and O–H groups in total. The number of amides is 2. The fourth-order valence-electron chi connectivity index (χ4n) is 2.85. The fourth-order valence-corrected chi connectivity index (χ4v) is 2.85. The number of nitrogens with zero attached hydrogens (tertiary/aromatic N) is 1. The molecule has 0 spiro atoms. The molecule has 0 saturated heterocycles. The molecule has 1 aromatic rings. The molecule has 2 unspecified atom stereocenters. The maximum Gasteiger partial charge on any atom is 0.317 e. The number of carbonyl (C=O) groups excluding carboxylic acids is 1. The van der Waals surface area contributed by atoms with Gasteiger partial charge in [0.05, 0.1) is 18.7 Å². The summed E-state index contributed by atoms with van der Waals surface area (Å²) >= 11 is 0. The van der Waals surface area contributed by atoms with Gasteiger partial charge in [-0.2, -0.15) is 0 Å². The van der Waals surface area contributed by atoms with Gasteiger partial charge in [-0.1, -0.05) is 6.42 Å². The molecule has 2 amide bonds. The maximum atomic E-state index is 12.2. The Morgan fingerprint density at radius 3 is 2.90 bits per heavy atom. The van der Waals surface area contributed by atoms with E-state index >= 15 is 0 Å². The van der Waals surface area contributed by atoms with E-state index in [1.807, 2.05) is 13.0 Å². The summed E-state index contributed by atoms with van der Waals surface area (Å²) in [5.74, 6) is -0.315. The van der Waals surface area contributed by atoms with Crippen LogP contribution >= 0.6 is 0 Å². The molecule has 1 aliphatic rings. The molecule has 0 aliphatic heterocycles. The van der Waals surface area contributed by atoms with Gasteiger partial charge in [0.2, 0.25) is 0 Å². The van der Waals surface area contributed by atoms with Crippen molar-refractivity contribution < 1.29 is 19.1 Å². The number of nitrogens with one attached hydrogen (secondary N) is 1. The molecule has 1 aliphatic carbocycles. The first-order valence-corrected chi connectivity index (χ1v) is 7.39. The molecule has 1 aromatic heterocycles. The number of urea groups is 1. The van der Waals surface area contributed by atoms with Crippen molar-refractivity contribution in [3.05, 3.63) is 24.2 Å². The lowest BCUT2D eigenvalue weighted by molar-refractivity contribution is -0.142. The van der Waals surface area contributed by atoms with Gasteiger partial charge in [0.25, 0.3) is 0 Å². The lowest BCUT2D eigenvalue weighted by Gasteiger charge is -2.22. The van der Waals surface area contributed by atoms with Crippen LogP contribution in [0.5, 0.6) is 0 Å². The molecule has 21 heavy (non-hydrogen) atoms. The van der Waals surface area contributed by atoms with E-state index in [4.69, 9.17) is 9.52 Å². The highest BCUT2D eigenvalue weighted by Gasteiger charge is 2.33. The summed E-state index contributed by atoms with van der Waals surface area (Å²) < 4.78 is 5.24. The molecule has 6 nitrogen and oxygen atoms in total. The van der Waals surface area contributed by atoms with Gasteiger partial charge in [-0.25, -0.2) is 4.79 Å². The van der Waals surface area contributed by atoms with Crippen LogP contribution < -0.4 is 5.32 Å². The Morgan fingerprint density at radius 2 is 2.29 bits per heavy atom. The molecular formula is C15H22N2O4. The highest BCUT2D eigenvalue weighted by Crippen LogP contribution is 2.31. The van der Waals surface area contributed by atoms with E-state index in [-0.39, 0.29) is 17.9 Å². The number of furan rings is 1. The van der Waals surface area contributed by atoms with E-state index in [1.54, 1.807) is 17.2 Å². The summed E-state index contributed by atoms with van der Waals surface area (Å²) in [7, 11) is 0. The Kier molecular flexibility index (Phi) is 5.25. The van der Waals surface area contributed by atoms with Crippen LogP contribution in [-0.4, -0.2) is 35.1 Å². The van der Waals surface area contributed by atoms with E-state index < -0.39 is 5.97 Å². The molecule has 116 valence electrons. The first-order valence-electron chi connectivity index (χ1n) is 7.39. The summed E-state index contributed by atoms with van der Waals surface area (Å²) in [6, 6.07) is 3.44. The van der Waals surface area contributed by atoms with Gasteiger partial charge in [0, 0.05) is 13.1 Å². The second-order valence-corrected chi connectivity index (χ2v) is 5.42. The third-order valence-electron chi connectivity index (χ3n) is 4.09. The molecule has 1 saturated carbocycles. The van der Waals surface area contributed by atoms with Crippen LogP contribution in [0.4, 0.5) is 4.79 Å². The van der Waals surface area contributed by atoms with Crippen molar-refractivity contribution in [2.24, 2.45) is 11.8 Å². The van der Waals surface area contributed by atoms with Crippen LogP contribution in [0, 0.1) is 11.8 Å². The predicted octanol–water partition coefficient (Wildman–Crippen LogP) is 2.31. The van der Waals surface area contributed by atoms with Gasteiger partial charge in [0.15, 0.2) is 0 Å². The number of hydrogen-bond acceptors (Lipinski definition) is 3. The van der Waals surface area contributed by atoms with Gasteiger partial charge in [-0.15, -0.1) is 0 Å². The third kappa shape index (κ3) is 4.00. The maximum absolute atomic E-state index is 12.2.